The van der Waals surface area contributed by atoms with Gasteiger partial charge >= 0.3 is 0 Å². The molecule has 0 heterocycles. The van der Waals surface area contributed by atoms with Crippen molar-refractivity contribution >= 4 is 225 Å². The van der Waals surface area contributed by atoms with E-state index in [9.17, 15) is 0 Å². The Hall–Kier alpha value is -5.14. The second-order valence-corrected chi connectivity index (χ2v) is 18.1. The number of anilines is 3. The second kappa shape index (κ2) is 15.4. The van der Waals surface area contributed by atoms with Crippen LogP contribution >= 0.6 is 0 Å². The fourth-order valence-electron chi connectivity index (χ4n) is 11.0. The van der Waals surface area contributed by atoms with Crippen molar-refractivity contribution in [1.82, 2.24) is 0 Å². The third kappa shape index (κ3) is 5.91. The normalized spacial score (nSPS) is 15.0. The van der Waals surface area contributed by atoms with Gasteiger partial charge in [-0.15, -0.1) is 50.3 Å². The van der Waals surface area contributed by atoms with Crippen LogP contribution in [0.1, 0.15) is 47.2 Å². The summed E-state index contributed by atoms with van der Waals surface area (Å²) >= 11 is 0. The molecule has 0 amide bonds. The molecule has 32 radical (unpaired) electrons. The number of allylic oxidation sites excluding steroid dienone is 5. The highest BCUT2D eigenvalue weighted by Crippen LogP contribution is 2.61. The largest absolute Gasteiger partial charge is 0.310 e. The van der Waals surface area contributed by atoms with E-state index in [1.54, 1.807) is 0 Å². The lowest BCUT2D eigenvalue weighted by atomic mass is 9.54. The highest BCUT2D eigenvalue weighted by molar-refractivity contribution is 6.68. The fourth-order valence-corrected chi connectivity index (χ4v) is 11.0. The lowest BCUT2D eigenvalue weighted by Crippen LogP contribution is -2.52. The van der Waals surface area contributed by atoms with Gasteiger partial charge in [0.2, 0.25) is 0 Å². The van der Waals surface area contributed by atoms with Gasteiger partial charge in [0.05, 0.1) is 5.41 Å². The maximum Gasteiger partial charge on any atom is 0.113 e. The van der Waals surface area contributed by atoms with Crippen LogP contribution in [-0.2, 0) is 10.8 Å². The summed E-state index contributed by atoms with van der Waals surface area (Å²) in [7, 11) is 108. The SMILES string of the molecule is [B]C(=C)/C([B])=C(/[B])C1=C([B])C2(c3cc(N(c4ccc5c(c4)C(C)(C)c4c([B])c([B])c([B])c([B])c4-5)c4ccc5ccccc5c4)ccc31)c1c([B])c([B])c([B])c([B])c1-c1c([B])c([B])c([B])c([B])c12. The highest BCUT2D eigenvalue weighted by Gasteiger charge is 2.54. The van der Waals surface area contributed by atoms with Crippen LogP contribution in [0, 0.1) is 0 Å². The molecule has 67 heavy (non-hydrogen) atoms. The average Bonchev–Trinajstić information content (AvgIpc) is 3.86. The number of hydrogen-bond acceptors (Lipinski definition) is 1. The lowest BCUT2D eigenvalue weighted by molar-refractivity contribution is 0.665. The van der Waals surface area contributed by atoms with Crippen LogP contribution < -0.4 is 70.5 Å². The first-order chi connectivity index (χ1) is 31.6. The minimum Gasteiger partial charge on any atom is -0.310 e. The molecular weight excluding hydrogens is 788 g/mol. The van der Waals surface area contributed by atoms with Crippen LogP contribution in [0.4, 0.5) is 17.1 Å². The molecule has 0 bridgehead atoms. The smallest absolute Gasteiger partial charge is 0.113 e. The standard InChI is InChI=1S/C50H21B16N/c1-17(51)34(52)36(54)28-24-13-11-22(16-26(24)50(48(28)66)32-29(37(55)43(61)46(64)40(32)58)30-33(50)41(59)47(65)44(62)38(30)56)67(20-9-8-18-6-4-5-7-19(18)14-20)21-10-12-23-25(15-21)49(2,3)31-27(23)35(53)42(60)45(63)39(31)57/h4-16H,1H2,2-3H3/b36-34-. The first-order valence-corrected chi connectivity index (χ1v) is 21.2. The van der Waals surface area contributed by atoms with Gasteiger partial charge in [-0.1, -0.05) is 100 Å². The molecule has 10 rings (SSSR count). The van der Waals surface area contributed by atoms with Gasteiger partial charge in [-0.3, -0.25) is 0 Å². The molecule has 1 nitrogen and oxygen atoms in total. The average molecular weight is 809 g/mol. The van der Waals surface area contributed by atoms with E-state index in [2.05, 4.69) is 55.7 Å². The van der Waals surface area contributed by atoms with Gasteiger partial charge in [0.1, 0.15) is 126 Å². The van der Waals surface area contributed by atoms with E-state index in [-0.39, 0.29) is 76.5 Å². The zero-order valence-corrected chi connectivity index (χ0v) is 36.9. The summed E-state index contributed by atoms with van der Waals surface area (Å²) in [6.07, 6.45) is 0. The number of hydrogen-bond donors (Lipinski definition) is 0. The van der Waals surface area contributed by atoms with Gasteiger partial charge in [0.15, 0.2) is 0 Å². The Labute approximate surface area is 414 Å². The molecule has 17 heteroatoms. The molecule has 274 valence electrons. The van der Waals surface area contributed by atoms with E-state index in [4.69, 9.17) is 126 Å². The van der Waals surface area contributed by atoms with Crippen LogP contribution in [-0.4, -0.2) is 126 Å². The van der Waals surface area contributed by atoms with Gasteiger partial charge in [0, 0.05) is 22.5 Å². The Morgan fingerprint density at radius 1 is 0.448 bits per heavy atom. The zero-order valence-electron chi connectivity index (χ0n) is 36.9. The highest BCUT2D eigenvalue weighted by atomic mass is 15.1. The Morgan fingerprint density at radius 2 is 0.881 bits per heavy atom. The Bertz CT molecular complexity index is 3480. The predicted molar refractivity (Wildman–Crippen MR) is 299 cm³/mol. The monoisotopic (exact) mass is 811 g/mol. The Balaban J connectivity index is 1.33. The molecule has 0 fully saturated rings. The van der Waals surface area contributed by atoms with Gasteiger partial charge < -0.3 is 4.90 Å². The van der Waals surface area contributed by atoms with Crippen molar-refractivity contribution in [2.24, 2.45) is 0 Å². The van der Waals surface area contributed by atoms with Crippen LogP contribution in [0.25, 0.3) is 38.6 Å². The maximum absolute atomic E-state index is 7.59. The van der Waals surface area contributed by atoms with E-state index in [1.807, 2.05) is 48.5 Å². The van der Waals surface area contributed by atoms with Crippen LogP contribution in [0.15, 0.2) is 107 Å². The van der Waals surface area contributed by atoms with E-state index < -0.39 is 10.8 Å². The first kappa shape index (κ1) is 45.6. The molecule has 0 atom stereocenters. The minimum absolute atomic E-state index is 0.00131. The van der Waals surface area contributed by atoms with Crippen molar-refractivity contribution in [2.75, 3.05) is 4.90 Å². The summed E-state index contributed by atoms with van der Waals surface area (Å²) < 4.78 is 0. The quantitative estimate of drug-likeness (QED) is 0.130. The summed E-state index contributed by atoms with van der Waals surface area (Å²) in [5.74, 6) is 0. The van der Waals surface area contributed by atoms with Crippen molar-refractivity contribution < 1.29 is 0 Å². The third-order valence-corrected chi connectivity index (χ3v) is 14.3. The zero-order chi connectivity index (χ0) is 48.2. The van der Waals surface area contributed by atoms with Crippen molar-refractivity contribution in [2.45, 2.75) is 24.7 Å². The number of rotatable bonds is 5. The Morgan fingerprint density at radius 3 is 1.42 bits per heavy atom. The lowest BCUT2D eigenvalue weighted by Gasteiger charge is -2.37. The van der Waals surface area contributed by atoms with Crippen LogP contribution in [0.3, 0.4) is 0 Å². The molecular formula is C50H21B16N. The molecule has 3 aliphatic carbocycles. The van der Waals surface area contributed by atoms with E-state index >= 15 is 0 Å². The molecule has 1 spiro atoms. The molecule has 7 aromatic carbocycles. The summed E-state index contributed by atoms with van der Waals surface area (Å²) in [5, 5.41) is 2.04. The second-order valence-electron chi connectivity index (χ2n) is 18.1. The summed E-state index contributed by atoms with van der Waals surface area (Å²) in [4.78, 5) is 2.12. The maximum atomic E-state index is 7.59. The molecule has 0 unspecified atom stereocenters. The van der Waals surface area contributed by atoms with Gasteiger partial charge in [-0.05, 0) is 108 Å². The Kier molecular flexibility index (Phi) is 10.5. The first-order valence-electron chi connectivity index (χ1n) is 21.2. The molecule has 3 aliphatic rings. The van der Waals surface area contributed by atoms with Crippen molar-refractivity contribution in [1.29, 1.82) is 0 Å². The molecule has 0 saturated heterocycles. The van der Waals surface area contributed by atoms with E-state index in [0.717, 1.165) is 44.4 Å². The van der Waals surface area contributed by atoms with Crippen molar-refractivity contribution in [3.8, 4) is 22.3 Å². The van der Waals surface area contributed by atoms with Crippen LogP contribution in [0.2, 0.25) is 0 Å². The summed E-state index contributed by atoms with van der Waals surface area (Å²) in [6.45, 7) is 8.03. The van der Waals surface area contributed by atoms with E-state index in [0.29, 0.717) is 55.6 Å². The minimum atomic E-state index is -1.64. The third-order valence-electron chi connectivity index (χ3n) is 14.3. The van der Waals surface area contributed by atoms with Gasteiger partial charge in [0.25, 0.3) is 0 Å². The number of nitrogens with zero attached hydrogens (tertiary/aromatic N) is 1. The van der Waals surface area contributed by atoms with Crippen LogP contribution in [0.5, 0.6) is 0 Å². The van der Waals surface area contributed by atoms with E-state index in [1.165, 1.54) is 0 Å². The molecule has 0 aliphatic heterocycles. The molecule has 0 saturated carbocycles. The molecule has 0 N–H and O–H groups in total. The topological polar surface area (TPSA) is 3.24 Å². The summed E-state index contributed by atoms with van der Waals surface area (Å²) in [6, 6.07) is 26.3. The fraction of sp³-hybridized carbons (Fsp3) is 0.0800. The molecule has 7 aromatic rings. The van der Waals surface area contributed by atoms with Crippen molar-refractivity contribution in [3.05, 3.63) is 141 Å². The summed E-state index contributed by atoms with van der Waals surface area (Å²) in [5.41, 5.74) is 7.96. The van der Waals surface area contributed by atoms with Crippen molar-refractivity contribution in [3.63, 3.8) is 0 Å². The number of fused-ring (bicyclic) bond motifs is 11. The van der Waals surface area contributed by atoms with Gasteiger partial charge in [-0.2, -0.15) is 0 Å². The predicted octanol–water partition coefficient (Wildman–Crippen LogP) is -3.42. The van der Waals surface area contributed by atoms with Gasteiger partial charge in [-0.25, -0.2) is 0 Å². The molecule has 0 aromatic heterocycles. The number of benzene rings is 7.